The van der Waals surface area contributed by atoms with Crippen LogP contribution in [0, 0.1) is 18.6 Å². The van der Waals surface area contributed by atoms with Gasteiger partial charge in [0.1, 0.15) is 17.3 Å². The molecule has 0 bridgehead atoms. The predicted molar refractivity (Wildman–Crippen MR) is 102 cm³/mol. The van der Waals surface area contributed by atoms with Gasteiger partial charge in [0.05, 0.1) is 4.88 Å². The Morgan fingerprint density at radius 2 is 1.86 bits per heavy atom. The number of tetrazole rings is 1. The van der Waals surface area contributed by atoms with E-state index < -0.39 is 5.82 Å². The third-order valence-electron chi connectivity index (χ3n) is 4.02. The summed E-state index contributed by atoms with van der Waals surface area (Å²) in [6, 6.07) is 13.7. The molecule has 4 rings (SSSR count). The number of carbonyl (C=O) groups excluding carboxylic acids is 1. The molecule has 0 radical (unpaired) electrons. The number of rotatable bonds is 4. The van der Waals surface area contributed by atoms with Crippen molar-refractivity contribution in [2.75, 3.05) is 5.32 Å². The van der Waals surface area contributed by atoms with Crippen molar-refractivity contribution in [3.63, 3.8) is 0 Å². The maximum atomic E-state index is 14.1. The molecule has 9 heteroatoms. The molecule has 0 aliphatic rings. The fraction of sp³-hybridized carbons (Fsp3) is 0.0526. The zero-order valence-electron chi connectivity index (χ0n) is 14.6. The number of halogens is 2. The fourth-order valence-corrected chi connectivity index (χ4v) is 3.54. The molecule has 0 saturated heterocycles. The van der Waals surface area contributed by atoms with Crippen molar-refractivity contribution in [1.82, 2.24) is 20.2 Å². The minimum atomic E-state index is -0.511. The Morgan fingerprint density at radius 1 is 1.07 bits per heavy atom. The predicted octanol–water partition coefficient (Wildman–Crippen LogP) is 4.23. The number of hydrogen-bond donors (Lipinski definition) is 1. The van der Waals surface area contributed by atoms with E-state index in [4.69, 9.17) is 0 Å². The standard InChI is InChI=1S/C19H13F2N5OS/c1-11-23-24-25-26(11)16-10-14(6-7-15(16)21)22-19(27)18-9-8-17(28-18)12-2-4-13(20)5-3-12/h2-10H,1H3,(H,22,27). The first-order valence-corrected chi connectivity index (χ1v) is 9.05. The molecule has 0 fully saturated rings. The summed E-state index contributed by atoms with van der Waals surface area (Å²) >= 11 is 1.28. The molecule has 6 nitrogen and oxygen atoms in total. The van der Waals surface area contributed by atoms with E-state index in [1.807, 2.05) is 0 Å². The molecule has 0 aliphatic carbocycles. The van der Waals surface area contributed by atoms with Crippen LogP contribution < -0.4 is 5.32 Å². The first kappa shape index (κ1) is 17.9. The number of nitrogens with one attached hydrogen (secondary N) is 1. The Labute approximate surface area is 162 Å². The highest BCUT2D eigenvalue weighted by molar-refractivity contribution is 7.17. The van der Waals surface area contributed by atoms with Crippen LogP contribution in [-0.4, -0.2) is 26.1 Å². The third-order valence-corrected chi connectivity index (χ3v) is 5.15. The van der Waals surface area contributed by atoms with E-state index in [2.05, 4.69) is 20.8 Å². The van der Waals surface area contributed by atoms with Crippen LogP contribution in [0.2, 0.25) is 0 Å². The minimum absolute atomic E-state index is 0.137. The van der Waals surface area contributed by atoms with E-state index in [9.17, 15) is 13.6 Å². The van der Waals surface area contributed by atoms with Gasteiger partial charge in [-0.25, -0.2) is 8.78 Å². The van der Waals surface area contributed by atoms with Crippen molar-refractivity contribution in [2.24, 2.45) is 0 Å². The van der Waals surface area contributed by atoms with Crippen molar-refractivity contribution in [1.29, 1.82) is 0 Å². The molecule has 4 aromatic rings. The first-order chi connectivity index (χ1) is 13.5. The number of hydrogen-bond acceptors (Lipinski definition) is 5. The number of thiophene rings is 1. The molecule has 1 N–H and O–H groups in total. The van der Waals surface area contributed by atoms with Crippen molar-refractivity contribution in [3.8, 4) is 16.1 Å². The quantitative estimate of drug-likeness (QED) is 0.559. The zero-order chi connectivity index (χ0) is 19.7. The normalized spacial score (nSPS) is 10.8. The molecule has 0 aliphatic heterocycles. The van der Waals surface area contributed by atoms with Crippen LogP contribution in [0.1, 0.15) is 15.5 Å². The summed E-state index contributed by atoms with van der Waals surface area (Å²) in [5, 5.41) is 13.7. The monoisotopic (exact) mass is 397 g/mol. The van der Waals surface area contributed by atoms with E-state index in [-0.39, 0.29) is 17.4 Å². The molecule has 140 valence electrons. The van der Waals surface area contributed by atoms with Gasteiger partial charge in [0.15, 0.2) is 5.82 Å². The molecule has 0 atom stereocenters. The van der Waals surface area contributed by atoms with Gasteiger partial charge in [0.25, 0.3) is 5.91 Å². The summed E-state index contributed by atoms with van der Waals surface area (Å²) in [6.07, 6.45) is 0. The first-order valence-electron chi connectivity index (χ1n) is 8.23. The minimum Gasteiger partial charge on any atom is -0.321 e. The highest BCUT2D eigenvalue weighted by Crippen LogP contribution is 2.29. The van der Waals surface area contributed by atoms with Crippen LogP contribution in [0.25, 0.3) is 16.1 Å². The van der Waals surface area contributed by atoms with Crippen molar-refractivity contribution in [2.45, 2.75) is 6.92 Å². The lowest BCUT2D eigenvalue weighted by Gasteiger charge is -2.08. The van der Waals surface area contributed by atoms with Crippen molar-refractivity contribution >= 4 is 22.9 Å². The molecule has 28 heavy (non-hydrogen) atoms. The van der Waals surface area contributed by atoms with Crippen molar-refractivity contribution < 1.29 is 13.6 Å². The Bertz CT molecular complexity index is 1150. The molecule has 0 spiro atoms. The number of aromatic nitrogens is 4. The van der Waals surface area contributed by atoms with Crippen LogP contribution in [-0.2, 0) is 0 Å². The van der Waals surface area contributed by atoms with E-state index in [1.54, 1.807) is 31.2 Å². The molecule has 2 heterocycles. The lowest BCUT2D eigenvalue weighted by molar-refractivity contribution is 0.103. The Morgan fingerprint density at radius 3 is 2.57 bits per heavy atom. The number of carbonyl (C=O) groups is 1. The summed E-state index contributed by atoms with van der Waals surface area (Å²) < 4.78 is 28.5. The van der Waals surface area contributed by atoms with E-state index in [1.165, 1.54) is 46.4 Å². The second kappa shape index (κ2) is 7.28. The highest BCUT2D eigenvalue weighted by Gasteiger charge is 2.14. The van der Waals surface area contributed by atoms with Gasteiger partial charge in [-0.05, 0) is 65.4 Å². The fourth-order valence-electron chi connectivity index (χ4n) is 2.63. The molecule has 0 saturated carbocycles. The van der Waals surface area contributed by atoms with Gasteiger partial charge in [0, 0.05) is 10.6 Å². The average molecular weight is 397 g/mol. The molecule has 0 unspecified atom stereocenters. The molecule has 1 amide bonds. The van der Waals surface area contributed by atoms with Crippen LogP contribution in [0.4, 0.5) is 14.5 Å². The van der Waals surface area contributed by atoms with Gasteiger partial charge in [-0.1, -0.05) is 12.1 Å². The van der Waals surface area contributed by atoms with Crippen LogP contribution >= 0.6 is 11.3 Å². The van der Waals surface area contributed by atoms with Gasteiger partial charge in [-0.3, -0.25) is 4.79 Å². The smallest absolute Gasteiger partial charge is 0.265 e. The van der Waals surface area contributed by atoms with Crippen LogP contribution in [0.15, 0.2) is 54.6 Å². The zero-order valence-corrected chi connectivity index (χ0v) is 15.4. The van der Waals surface area contributed by atoms with E-state index >= 15 is 0 Å². The summed E-state index contributed by atoms with van der Waals surface area (Å²) in [5.41, 5.74) is 1.37. The topological polar surface area (TPSA) is 72.7 Å². The van der Waals surface area contributed by atoms with Gasteiger partial charge in [-0.2, -0.15) is 4.68 Å². The summed E-state index contributed by atoms with van der Waals surface area (Å²) in [7, 11) is 0. The third kappa shape index (κ3) is 3.52. The van der Waals surface area contributed by atoms with Gasteiger partial charge >= 0.3 is 0 Å². The number of amides is 1. The summed E-state index contributed by atoms with van der Waals surface area (Å²) in [4.78, 5) is 13.9. The Hall–Kier alpha value is -3.46. The lowest BCUT2D eigenvalue weighted by Crippen LogP contribution is -2.11. The van der Waals surface area contributed by atoms with Crippen molar-refractivity contribution in [3.05, 3.63) is 76.9 Å². The number of anilines is 1. The number of aryl methyl sites for hydroxylation is 1. The summed E-state index contributed by atoms with van der Waals surface area (Å²) in [6.45, 7) is 1.65. The maximum Gasteiger partial charge on any atom is 0.265 e. The average Bonchev–Trinajstić information content (AvgIpc) is 3.33. The molecular formula is C19H13F2N5OS. The SMILES string of the molecule is Cc1nnnn1-c1cc(NC(=O)c2ccc(-c3ccc(F)cc3)s2)ccc1F. The van der Waals surface area contributed by atoms with E-state index in [0.717, 1.165) is 10.4 Å². The largest absolute Gasteiger partial charge is 0.321 e. The molecule has 2 aromatic heterocycles. The van der Waals surface area contributed by atoms with Gasteiger partial charge in [-0.15, -0.1) is 16.4 Å². The summed E-state index contributed by atoms with van der Waals surface area (Å²) in [5.74, 6) is -0.736. The highest BCUT2D eigenvalue weighted by atomic mass is 32.1. The number of benzene rings is 2. The van der Waals surface area contributed by atoms with Gasteiger partial charge < -0.3 is 5.32 Å². The molecular weight excluding hydrogens is 384 g/mol. The Kier molecular flexibility index (Phi) is 4.66. The second-order valence-electron chi connectivity index (χ2n) is 5.93. The van der Waals surface area contributed by atoms with Gasteiger partial charge in [0.2, 0.25) is 0 Å². The van der Waals surface area contributed by atoms with Crippen LogP contribution in [0.5, 0.6) is 0 Å². The van der Waals surface area contributed by atoms with Crippen LogP contribution in [0.3, 0.4) is 0 Å². The lowest BCUT2D eigenvalue weighted by atomic mass is 10.2. The Balaban J connectivity index is 1.56. The molecule has 2 aromatic carbocycles. The maximum absolute atomic E-state index is 14.1. The second-order valence-corrected chi connectivity index (χ2v) is 7.01. The van der Waals surface area contributed by atoms with E-state index in [0.29, 0.717) is 16.4 Å². The number of nitrogens with zero attached hydrogens (tertiary/aromatic N) is 4.